The summed E-state index contributed by atoms with van der Waals surface area (Å²) in [7, 11) is -4.53. The van der Waals surface area contributed by atoms with Crippen molar-refractivity contribution in [2.45, 2.75) is 4.90 Å². The molecule has 0 heterocycles. The number of hydrogen-bond donors (Lipinski definition) is 2. The number of carbonyl (C=O) groups excluding carboxylic acids is 1. The van der Waals surface area contributed by atoms with Crippen LogP contribution < -0.4 is 10.0 Å². The molecule has 2 rings (SSSR count). The minimum Gasteiger partial charge on any atom is -0.325 e. The molecule has 1 amide bonds. The van der Waals surface area contributed by atoms with Gasteiger partial charge in [-0.05, 0) is 30.3 Å². The minimum atomic E-state index is -4.53. The van der Waals surface area contributed by atoms with E-state index in [1.165, 1.54) is 18.2 Å². The Kier molecular flexibility index (Phi) is 5.76. The normalized spacial score (nSPS) is 11.3. The maximum atomic E-state index is 13.5. The predicted octanol–water partition coefficient (Wildman–Crippen LogP) is 3.19. The Morgan fingerprint density at radius 3 is 2.25 bits per heavy atom. The van der Waals surface area contributed by atoms with Gasteiger partial charge in [0.05, 0.1) is 16.6 Å². The van der Waals surface area contributed by atoms with E-state index in [0.29, 0.717) is 0 Å². The predicted molar refractivity (Wildman–Crippen MR) is 86.6 cm³/mol. The Hall–Kier alpha value is -1.74. The molecule has 0 spiro atoms. The molecule has 0 aliphatic rings. The van der Waals surface area contributed by atoms with Crippen molar-refractivity contribution >= 4 is 44.8 Å². The molecule has 0 aliphatic carbocycles. The molecule has 0 atom stereocenters. The minimum absolute atomic E-state index is 0.198. The van der Waals surface area contributed by atoms with E-state index in [-0.39, 0.29) is 15.7 Å². The molecule has 0 fully saturated rings. The standard InChI is InChI=1S/C14H10Cl2F2N2O3S/c15-9-5-4-8(6-10(9)16)20-13(21)7-19-24(22,23)14-11(17)2-1-3-12(14)18/h1-6,19H,7H2,(H,20,21). The lowest BCUT2D eigenvalue weighted by molar-refractivity contribution is -0.115. The first-order chi connectivity index (χ1) is 11.2. The van der Waals surface area contributed by atoms with Gasteiger partial charge >= 0.3 is 0 Å². The van der Waals surface area contributed by atoms with E-state index in [4.69, 9.17) is 23.2 Å². The summed E-state index contributed by atoms with van der Waals surface area (Å²) in [4.78, 5) is 10.6. The molecule has 24 heavy (non-hydrogen) atoms. The van der Waals surface area contributed by atoms with Crippen LogP contribution in [0.25, 0.3) is 0 Å². The quantitative estimate of drug-likeness (QED) is 0.817. The number of sulfonamides is 1. The van der Waals surface area contributed by atoms with E-state index < -0.39 is 39.0 Å². The summed E-state index contributed by atoms with van der Waals surface area (Å²) < 4.78 is 52.7. The molecule has 0 saturated heterocycles. The lowest BCUT2D eigenvalue weighted by Crippen LogP contribution is -2.33. The van der Waals surface area contributed by atoms with Crippen LogP contribution in [-0.2, 0) is 14.8 Å². The fourth-order valence-corrected chi connectivity index (χ4v) is 3.16. The number of halogens is 4. The summed E-state index contributed by atoms with van der Waals surface area (Å²) in [5, 5.41) is 2.85. The zero-order chi connectivity index (χ0) is 17.9. The van der Waals surface area contributed by atoms with Crippen molar-refractivity contribution in [2.75, 3.05) is 11.9 Å². The zero-order valence-electron chi connectivity index (χ0n) is 11.8. The van der Waals surface area contributed by atoms with Crippen molar-refractivity contribution < 1.29 is 22.0 Å². The summed E-state index contributed by atoms with van der Waals surface area (Å²) in [6.45, 7) is -0.726. The SMILES string of the molecule is O=C(CNS(=O)(=O)c1c(F)cccc1F)Nc1ccc(Cl)c(Cl)c1. The Morgan fingerprint density at radius 1 is 1.04 bits per heavy atom. The van der Waals surface area contributed by atoms with E-state index in [2.05, 4.69) is 5.32 Å². The van der Waals surface area contributed by atoms with Gasteiger partial charge in [-0.2, -0.15) is 0 Å². The summed E-state index contributed by atoms with van der Waals surface area (Å²) in [6, 6.07) is 6.89. The molecular weight excluding hydrogens is 385 g/mol. The van der Waals surface area contributed by atoms with E-state index in [9.17, 15) is 22.0 Å². The van der Waals surface area contributed by atoms with Gasteiger partial charge in [-0.25, -0.2) is 21.9 Å². The number of carbonyl (C=O) groups is 1. The molecule has 0 aromatic heterocycles. The van der Waals surface area contributed by atoms with Crippen LogP contribution >= 0.6 is 23.2 Å². The van der Waals surface area contributed by atoms with Crippen LogP contribution in [-0.4, -0.2) is 20.9 Å². The molecule has 0 bridgehead atoms. The third-order valence-corrected chi connectivity index (χ3v) is 5.00. The Morgan fingerprint density at radius 2 is 1.67 bits per heavy atom. The Labute approximate surface area is 146 Å². The molecule has 0 radical (unpaired) electrons. The summed E-state index contributed by atoms with van der Waals surface area (Å²) in [5.41, 5.74) is 0.283. The first-order valence-electron chi connectivity index (χ1n) is 6.39. The molecule has 2 aromatic rings. The smallest absolute Gasteiger partial charge is 0.246 e. The van der Waals surface area contributed by atoms with Gasteiger partial charge in [0.1, 0.15) is 11.6 Å². The van der Waals surface area contributed by atoms with E-state index >= 15 is 0 Å². The molecule has 0 saturated carbocycles. The van der Waals surface area contributed by atoms with Crippen LogP contribution in [0.4, 0.5) is 14.5 Å². The highest BCUT2D eigenvalue weighted by Gasteiger charge is 2.24. The van der Waals surface area contributed by atoms with Gasteiger partial charge in [0.2, 0.25) is 15.9 Å². The molecule has 2 N–H and O–H groups in total. The highest BCUT2D eigenvalue weighted by atomic mass is 35.5. The largest absolute Gasteiger partial charge is 0.325 e. The van der Waals surface area contributed by atoms with Crippen LogP contribution in [0, 0.1) is 11.6 Å². The van der Waals surface area contributed by atoms with Gasteiger partial charge in [0.25, 0.3) is 0 Å². The summed E-state index contributed by atoms with van der Waals surface area (Å²) >= 11 is 11.5. The molecule has 5 nitrogen and oxygen atoms in total. The lowest BCUT2D eigenvalue weighted by Gasteiger charge is -2.09. The first kappa shape index (κ1) is 18.6. The van der Waals surface area contributed by atoms with Crippen LogP contribution in [0.1, 0.15) is 0 Å². The maximum absolute atomic E-state index is 13.5. The second-order valence-electron chi connectivity index (χ2n) is 4.55. The van der Waals surface area contributed by atoms with Gasteiger partial charge in [-0.15, -0.1) is 0 Å². The molecule has 0 aliphatic heterocycles. The van der Waals surface area contributed by atoms with Crippen molar-refractivity contribution in [1.29, 1.82) is 0 Å². The fraction of sp³-hybridized carbons (Fsp3) is 0.0714. The maximum Gasteiger partial charge on any atom is 0.246 e. The van der Waals surface area contributed by atoms with Crippen molar-refractivity contribution in [3.63, 3.8) is 0 Å². The Bertz CT molecular complexity index is 871. The number of benzene rings is 2. The highest BCUT2D eigenvalue weighted by Crippen LogP contribution is 2.25. The number of amides is 1. The van der Waals surface area contributed by atoms with Gasteiger partial charge in [-0.3, -0.25) is 4.79 Å². The lowest BCUT2D eigenvalue weighted by atomic mass is 10.3. The molecule has 0 unspecified atom stereocenters. The van der Waals surface area contributed by atoms with Crippen LogP contribution in [0.2, 0.25) is 10.0 Å². The van der Waals surface area contributed by atoms with Gasteiger partial charge in [0, 0.05) is 5.69 Å². The van der Waals surface area contributed by atoms with Gasteiger partial charge in [0.15, 0.2) is 4.90 Å². The van der Waals surface area contributed by atoms with Crippen molar-refractivity contribution in [3.05, 3.63) is 58.1 Å². The summed E-state index contributed by atoms with van der Waals surface area (Å²) in [6.07, 6.45) is 0. The third kappa shape index (κ3) is 4.41. The zero-order valence-corrected chi connectivity index (χ0v) is 14.1. The highest BCUT2D eigenvalue weighted by molar-refractivity contribution is 7.89. The third-order valence-electron chi connectivity index (χ3n) is 2.81. The second-order valence-corrected chi connectivity index (χ2v) is 7.07. The second kappa shape index (κ2) is 7.43. The van der Waals surface area contributed by atoms with Gasteiger partial charge in [-0.1, -0.05) is 29.3 Å². The van der Waals surface area contributed by atoms with Crippen molar-refractivity contribution in [1.82, 2.24) is 4.72 Å². The van der Waals surface area contributed by atoms with Crippen LogP contribution in [0.3, 0.4) is 0 Å². The fourth-order valence-electron chi connectivity index (χ4n) is 1.75. The van der Waals surface area contributed by atoms with Crippen LogP contribution in [0.5, 0.6) is 0 Å². The van der Waals surface area contributed by atoms with Crippen molar-refractivity contribution in [2.24, 2.45) is 0 Å². The van der Waals surface area contributed by atoms with E-state index in [1.807, 2.05) is 4.72 Å². The molecular formula is C14H10Cl2F2N2O3S. The molecule has 128 valence electrons. The van der Waals surface area contributed by atoms with Gasteiger partial charge < -0.3 is 5.32 Å². The monoisotopic (exact) mass is 394 g/mol. The number of anilines is 1. The number of hydrogen-bond acceptors (Lipinski definition) is 3. The Balaban J connectivity index is 2.06. The molecule has 2 aromatic carbocycles. The molecule has 10 heteroatoms. The number of rotatable bonds is 5. The van der Waals surface area contributed by atoms with E-state index in [1.54, 1.807) is 0 Å². The average molecular weight is 395 g/mol. The summed E-state index contributed by atoms with van der Waals surface area (Å²) in [5.74, 6) is -3.27. The van der Waals surface area contributed by atoms with Crippen molar-refractivity contribution in [3.8, 4) is 0 Å². The average Bonchev–Trinajstić information content (AvgIpc) is 2.49. The number of nitrogens with one attached hydrogen (secondary N) is 2. The van der Waals surface area contributed by atoms with Crippen LogP contribution in [0.15, 0.2) is 41.3 Å². The topological polar surface area (TPSA) is 75.3 Å². The van der Waals surface area contributed by atoms with E-state index in [0.717, 1.165) is 18.2 Å². The first-order valence-corrected chi connectivity index (χ1v) is 8.63.